The van der Waals surface area contributed by atoms with Gasteiger partial charge in [-0.2, -0.15) is 0 Å². The van der Waals surface area contributed by atoms with Crippen LogP contribution in [0.4, 0.5) is 5.69 Å². The number of rotatable bonds is 7. The molecule has 232 valence electrons. The number of likely N-dealkylation sites (tertiary alicyclic amines) is 1. The van der Waals surface area contributed by atoms with Gasteiger partial charge in [0.2, 0.25) is 0 Å². The van der Waals surface area contributed by atoms with Crippen molar-refractivity contribution in [3.63, 3.8) is 0 Å². The van der Waals surface area contributed by atoms with Crippen LogP contribution in [0.15, 0.2) is 59.6 Å². The lowest BCUT2D eigenvalue weighted by molar-refractivity contribution is -0.173. The zero-order chi connectivity index (χ0) is 30.5. The summed E-state index contributed by atoms with van der Waals surface area (Å²) in [6.07, 6.45) is 5.15. The standard InChI is InChI=1S/C36H40N6O3/c37-24-7-3-21(4-8-24)18-40-34(38)39-13-11-20-5-9-27-25(15-20)26-17-36(44)29-16-23-6-10-28(43)32-30(23)35(36,33(45-32)31(26)41-27)12-14-42(29)19-22-1-2-22/h3-10,15,22,29,33,41,43-44H,1-2,11-14,16-19,37H2,(H3,38,39,40)/t29?,33-,35-,36+/m0/s1. The second kappa shape index (κ2) is 9.64. The Morgan fingerprint density at radius 3 is 2.76 bits per heavy atom. The lowest BCUT2D eigenvalue weighted by Crippen LogP contribution is -2.74. The molecule has 2 aliphatic heterocycles. The third kappa shape index (κ3) is 3.96. The van der Waals surface area contributed by atoms with Crippen LogP contribution in [0.25, 0.3) is 10.9 Å². The van der Waals surface area contributed by atoms with Crippen LogP contribution in [0.3, 0.4) is 0 Å². The number of fused-ring (bicyclic) bond motifs is 4. The number of phenolic OH excluding ortho intramolecular Hbond substituents is 1. The molecule has 3 heterocycles. The van der Waals surface area contributed by atoms with Gasteiger partial charge in [0.1, 0.15) is 0 Å². The first kappa shape index (κ1) is 27.1. The molecule has 1 spiro atoms. The number of aliphatic imine (C=N–C) groups is 1. The van der Waals surface area contributed by atoms with Crippen LogP contribution in [-0.2, 0) is 31.2 Å². The minimum atomic E-state index is -0.994. The van der Waals surface area contributed by atoms with Gasteiger partial charge < -0.3 is 36.7 Å². The summed E-state index contributed by atoms with van der Waals surface area (Å²) in [5.41, 5.74) is 18.8. The van der Waals surface area contributed by atoms with Crippen LogP contribution in [0.5, 0.6) is 11.5 Å². The van der Waals surface area contributed by atoms with E-state index < -0.39 is 11.0 Å². The molecule has 1 unspecified atom stereocenters. The summed E-state index contributed by atoms with van der Waals surface area (Å²) in [7, 11) is 0. The number of hydrogen-bond acceptors (Lipinski definition) is 6. The predicted octanol–water partition coefficient (Wildman–Crippen LogP) is 3.80. The van der Waals surface area contributed by atoms with Crippen LogP contribution >= 0.6 is 0 Å². The molecule has 0 amide bonds. The summed E-state index contributed by atoms with van der Waals surface area (Å²) in [5.74, 6) is 1.90. The van der Waals surface area contributed by atoms with Crippen molar-refractivity contribution in [1.82, 2.24) is 15.2 Å². The van der Waals surface area contributed by atoms with Gasteiger partial charge in [-0.05, 0) is 97.2 Å². The molecule has 0 radical (unpaired) electrons. The molecule has 9 rings (SSSR count). The van der Waals surface area contributed by atoms with Crippen LogP contribution in [-0.4, -0.2) is 57.3 Å². The summed E-state index contributed by atoms with van der Waals surface area (Å²) in [5, 5.41) is 28.4. The Hall–Kier alpha value is -4.21. The number of guanidine groups is 1. The van der Waals surface area contributed by atoms with E-state index in [0.29, 0.717) is 31.2 Å². The molecular formula is C36H40N6O3. The van der Waals surface area contributed by atoms with Crippen molar-refractivity contribution < 1.29 is 14.9 Å². The summed E-state index contributed by atoms with van der Waals surface area (Å²) < 4.78 is 6.74. The van der Waals surface area contributed by atoms with Gasteiger partial charge in [-0.15, -0.1) is 0 Å². The largest absolute Gasteiger partial charge is 0.504 e. The predicted molar refractivity (Wildman–Crippen MR) is 174 cm³/mol. The van der Waals surface area contributed by atoms with Crippen molar-refractivity contribution in [2.45, 2.75) is 68.2 Å². The number of nitrogen functional groups attached to an aromatic ring is 1. The fourth-order valence-electron chi connectivity index (χ4n) is 9.01. The number of aromatic hydroxyl groups is 1. The molecule has 2 fully saturated rings. The van der Waals surface area contributed by atoms with E-state index in [4.69, 9.17) is 16.2 Å². The second-order valence-corrected chi connectivity index (χ2v) is 13.9. The van der Waals surface area contributed by atoms with E-state index in [1.165, 1.54) is 24.0 Å². The number of nitrogens with one attached hydrogen (secondary N) is 2. The maximum atomic E-state index is 13.1. The molecule has 4 atom stereocenters. The lowest BCUT2D eigenvalue weighted by atomic mass is 9.49. The van der Waals surface area contributed by atoms with E-state index in [0.717, 1.165) is 77.2 Å². The third-order valence-corrected chi connectivity index (χ3v) is 11.4. The normalized spacial score (nSPS) is 28.1. The highest BCUT2D eigenvalue weighted by molar-refractivity contribution is 5.87. The zero-order valence-electron chi connectivity index (χ0n) is 25.4. The Kier molecular flexibility index (Phi) is 5.81. The van der Waals surface area contributed by atoms with Gasteiger partial charge in [-0.3, -0.25) is 4.90 Å². The number of ether oxygens (including phenoxy) is 1. The third-order valence-electron chi connectivity index (χ3n) is 11.4. The summed E-state index contributed by atoms with van der Waals surface area (Å²) in [4.78, 5) is 10.8. The summed E-state index contributed by atoms with van der Waals surface area (Å²) in [6, 6.07) is 18.0. The van der Waals surface area contributed by atoms with Crippen molar-refractivity contribution in [2.24, 2.45) is 16.6 Å². The van der Waals surface area contributed by atoms with Crippen LogP contribution in [0.2, 0.25) is 0 Å². The number of benzene rings is 3. The maximum Gasteiger partial charge on any atom is 0.188 e. The molecule has 4 aromatic rings. The number of H-pyrrole nitrogens is 1. The Bertz CT molecular complexity index is 1860. The molecule has 9 nitrogen and oxygen atoms in total. The number of phenols is 1. The molecule has 9 heteroatoms. The zero-order valence-corrected chi connectivity index (χ0v) is 25.4. The summed E-state index contributed by atoms with van der Waals surface area (Å²) in [6.45, 7) is 3.15. The van der Waals surface area contributed by atoms with E-state index in [9.17, 15) is 10.2 Å². The average Bonchev–Trinajstić information content (AvgIpc) is 3.68. The van der Waals surface area contributed by atoms with Crippen molar-refractivity contribution in [3.8, 4) is 11.5 Å². The molecule has 1 aromatic heterocycles. The first-order chi connectivity index (χ1) is 21.8. The molecule has 3 aromatic carbocycles. The number of nitrogens with zero attached hydrogens (tertiary/aromatic N) is 2. The Morgan fingerprint density at radius 1 is 1.11 bits per heavy atom. The van der Waals surface area contributed by atoms with E-state index in [1.54, 1.807) is 6.07 Å². The number of aromatic nitrogens is 1. The fourth-order valence-corrected chi connectivity index (χ4v) is 9.01. The van der Waals surface area contributed by atoms with Crippen LogP contribution < -0.4 is 21.5 Å². The molecular weight excluding hydrogens is 564 g/mol. The number of aromatic amines is 1. The SMILES string of the molecule is NC(=NCc1ccc(N)cc1)NCCc1ccc2[nH]c3c(c2c1)C[C@@]1(O)C2Cc4ccc(O)c5c4[C@@]1(CCN2CC1CC1)[C@H]3O5. The van der Waals surface area contributed by atoms with Gasteiger partial charge in [-0.25, -0.2) is 4.99 Å². The van der Waals surface area contributed by atoms with Crippen molar-refractivity contribution >= 4 is 22.5 Å². The topological polar surface area (TPSA) is 145 Å². The van der Waals surface area contributed by atoms with Crippen LogP contribution in [0, 0.1) is 5.92 Å². The fraction of sp³-hybridized carbons (Fsp3) is 0.417. The highest BCUT2D eigenvalue weighted by Crippen LogP contribution is 2.69. The molecule has 2 bridgehead atoms. The monoisotopic (exact) mass is 604 g/mol. The van der Waals surface area contributed by atoms with Gasteiger partial charge in [-0.1, -0.05) is 24.3 Å². The van der Waals surface area contributed by atoms with Crippen molar-refractivity contribution in [3.05, 3.63) is 88.1 Å². The molecule has 45 heavy (non-hydrogen) atoms. The number of hydrogen-bond donors (Lipinski definition) is 6. The average molecular weight is 605 g/mol. The molecule has 1 saturated carbocycles. The van der Waals surface area contributed by atoms with Crippen molar-refractivity contribution in [1.29, 1.82) is 0 Å². The number of piperidine rings is 1. The first-order valence-electron chi connectivity index (χ1n) is 16.3. The van der Waals surface area contributed by atoms with Gasteiger partial charge >= 0.3 is 0 Å². The highest BCUT2D eigenvalue weighted by Gasteiger charge is 2.72. The number of anilines is 1. The molecule has 8 N–H and O–H groups in total. The molecule has 3 aliphatic carbocycles. The van der Waals surface area contributed by atoms with E-state index in [2.05, 4.69) is 44.5 Å². The Balaban J connectivity index is 1.03. The lowest BCUT2D eigenvalue weighted by Gasteiger charge is -2.62. The minimum absolute atomic E-state index is 0.0157. The maximum absolute atomic E-state index is 13.1. The van der Waals surface area contributed by atoms with Crippen LogP contribution in [0.1, 0.15) is 58.9 Å². The molecule has 1 saturated heterocycles. The molecule has 5 aliphatic rings. The van der Waals surface area contributed by atoms with Gasteiger partial charge in [0, 0.05) is 47.7 Å². The highest BCUT2D eigenvalue weighted by atomic mass is 16.5. The Morgan fingerprint density at radius 2 is 1.93 bits per heavy atom. The number of nitrogens with two attached hydrogens (primary N) is 2. The smallest absolute Gasteiger partial charge is 0.188 e. The quantitative estimate of drug-likeness (QED) is 0.107. The van der Waals surface area contributed by atoms with Gasteiger partial charge in [0.15, 0.2) is 23.6 Å². The van der Waals surface area contributed by atoms with Crippen molar-refractivity contribution in [2.75, 3.05) is 25.4 Å². The van der Waals surface area contributed by atoms with E-state index in [1.807, 2.05) is 24.3 Å². The van der Waals surface area contributed by atoms with Gasteiger partial charge in [0.05, 0.1) is 23.3 Å². The first-order valence-corrected chi connectivity index (χ1v) is 16.3. The minimum Gasteiger partial charge on any atom is -0.504 e. The Labute approximate surface area is 262 Å². The van der Waals surface area contributed by atoms with E-state index in [-0.39, 0.29) is 17.9 Å². The van der Waals surface area contributed by atoms with Gasteiger partial charge in [0.25, 0.3) is 0 Å². The number of aliphatic hydroxyl groups is 1. The van der Waals surface area contributed by atoms with E-state index >= 15 is 0 Å². The second-order valence-electron chi connectivity index (χ2n) is 13.9. The summed E-state index contributed by atoms with van der Waals surface area (Å²) >= 11 is 0.